The van der Waals surface area contributed by atoms with E-state index < -0.39 is 12.1 Å². The van der Waals surface area contributed by atoms with Crippen LogP contribution in [0.4, 0.5) is 4.79 Å². The summed E-state index contributed by atoms with van der Waals surface area (Å²) in [5.41, 5.74) is 1.97. The van der Waals surface area contributed by atoms with Crippen LogP contribution in [0.1, 0.15) is 47.8 Å². The van der Waals surface area contributed by atoms with E-state index in [-0.39, 0.29) is 24.2 Å². The number of urea groups is 1. The van der Waals surface area contributed by atoms with Crippen molar-refractivity contribution in [2.75, 3.05) is 6.54 Å². The highest BCUT2D eigenvalue weighted by atomic mass is 16.5. The standard InChI is InChI=1S/C19H24N4O4/c1-10(2)6-15-18(25)22(19(26)20-15)9-16(24)14-7-11(3)23(13(14)5)17-8-12(4)27-21-17/h7-8,10,15H,6,9H2,1-5H3,(H,20,26). The Kier molecular flexibility index (Phi) is 4.91. The number of rotatable bonds is 6. The summed E-state index contributed by atoms with van der Waals surface area (Å²) >= 11 is 0. The summed E-state index contributed by atoms with van der Waals surface area (Å²) in [7, 11) is 0. The maximum absolute atomic E-state index is 12.8. The number of aromatic nitrogens is 2. The van der Waals surface area contributed by atoms with Crippen LogP contribution >= 0.6 is 0 Å². The molecule has 27 heavy (non-hydrogen) atoms. The van der Waals surface area contributed by atoms with Crippen molar-refractivity contribution in [2.45, 2.75) is 47.1 Å². The van der Waals surface area contributed by atoms with E-state index in [9.17, 15) is 14.4 Å². The minimum atomic E-state index is -0.559. The molecule has 0 radical (unpaired) electrons. The Labute approximate surface area is 157 Å². The van der Waals surface area contributed by atoms with Crippen LogP contribution < -0.4 is 5.32 Å². The molecule has 1 N–H and O–H groups in total. The second-order valence-corrected chi connectivity index (χ2v) is 7.40. The number of imide groups is 1. The Hall–Kier alpha value is -2.90. The molecule has 3 rings (SSSR count). The predicted octanol–water partition coefficient (Wildman–Crippen LogP) is 2.54. The van der Waals surface area contributed by atoms with Crippen LogP contribution in [0, 0.1) is 26.7 Å². The van der Waals surface area contributed by atoms with Gasteiger partial charge in [0, 0.05) is 23.0 Å². The Morgan fingerprint density at radius 3 is 2.56 bits per heavy atom. The number of amides is 3. The summed E-state index contributed by atoms with van der Waals surface area (Å²) in [5, 5.41) is 6.65. The fourth-order valence-corrected chi connectivity index (χ4v) is 3.44. The van der Waals surface area contributed by atoms with Gasteiger partial charge in [0.2, 0.25) is 0 Å². The van der Waals surface area contributed by atoms with E-state index in [0.717, 1.165) is 10.6 Å². The predicted molar refractivity (Wildman–Crippen MR) is 97.9 cm³/mol. The molecular weight excluding hydrogens is 348 g/mol. The van der Waals surface area contributed by atoms with E-state index in [1.54, 1.807) is 26.0 Å². The van der Waals surface area contributed by atoms with E-state index in [1.807, 2.05) is 25.3 Å². The van der Waals surface area contributed by atoms with Gasteiger partial charge in [-0.3, -0.25) is 19.1 Å². The fourth-order valence-electron chi connectivity index (χ4n) is 3.44. The normalized spacial score (nSPS) is 17.1. The van der Waals surface area contributed by atoms with Crippen LogP contribution in [0.2, 0.25) is 0 Å². The molecular formula is C19H24N4O4. The van der Waals surface area contributed by atoms with E-state index in [0.29, 0.717) is 29.3 Å². The summed E-state index contributed by atoms with van der Waals surface area (Å²) in [5.74, 6) is 0.889. The third kappa shape index (κ3) is 3.51. The van der Waals surface area contributed by atoms with Crippen molar-refractivity contribution < 1.29 is 18.9 Å². The average molecular weight is 372 g/mol. The lowest BCUT2D eigenvalue weighted by molar-refractivity contribution is -0.127. The summed E-state index contributed by atoms with van der Waals surface area (Å²) in [6.07, 6.45) is 0.551. The largest absolute Gasteiger partial charge is 0.360 e. The first-order valence-corrected chi connectivity index (χ1v) is 8.96. The quantitative estimate of drug-likeness (QED) is 0.621. The zero-order valence-electron chi connectivity index (χ0n) is 16.2. The number of ketones is 1. The summed E-state index contributed by atoms with van der Waals surface area (Å²) in [6, 6.07) is 2.45. The third-order valence-electron chi connectivity index (χ3n) is 4.69. The second kappa shape index (κ2) is 7.02. The lowest BCUT2D eigenvalue weighted by atomic mass is 10.0. The van der Waals surface area contributed by atoms with E-state index in [1.165, 1.54) is 0 Å². The van der Waals surface area contributed by atoms with Crippen molar-refractivity contribution in [2.24, 2.45) is 5.92 Å². The molecule has 8 nitrogen and oxygen atoms in total. The molecule has 8 heteroatoms. The highest BCUT2D eigenvalue weighted by Gasteiger charge is 2.39. The first-order valence-electron chi connectivity index (χ1n) is 8.96. The number of nitrogens with one attached hydrogen (secondary N) is 1. The van der Waals surface area contributed by atoms with Gasteiger partial charge in [-0.25, -0.2) is 4.79 Å². The van der Waals surface area contributed by atoms with E-state index in [4.69, 9.17) is 4.52 Å². The molecule has 144 valence electrons. The Balaban J connectivity index is 1.81. The molecule has 3 heterocycles. The molecule has 1 aliphatic heterocycles. The van der Waals surface area contributed by atoms with Gasteiger partial charge in [-0.05, 0) is 39.2 Å². The van der Waals surface area contributed by atoms with E-state index in [2.05, 4.69) is 10.5 Å². The van der Waals surface area contributed by atoms with Crippen LogP contribution in [0.5, 0.6) is 0 Å². The van der Waals surface area contributed by atoms with Crippen LogP contribution in [0.25, 0.3) is 5.82 Å². The minimum Gasteiger partial charge on any atom is -0.360 e. The molecule has 1 unspecified atom stereocenters. The van der Waals surface area contributed by atoms with Gasteiger partial charge in [0.05, 0.1) is 6.54 Å². The van der Waals surface area contributed by atoms with Gasteiger partial charge in [-0.15, -0.1) is 0 Å². The molecule has 2 aromatic rings. The van der Waals surface area contributed by atoms with Crippen LogP contribution in [-0.2, 0) is 4.79 Å². The highest BCUT2D eigenvalue weighted by molar-refractivity contribution is 6.09. The number of Topliss-reactive ketones (excluding diaryl/α,β-unsaturated/α-hetero) is 1. The fraction of sp³-hybridized carbons (Fsp3) is 0.474. The molecule has 0 aliphatic carbocycles. The Morgan fingerprint density at radius 1 is 1.26 bits per heavy atom. The maximum atomic E-state index is 12.8. The zero-order chi connectivity index (χ0) is 19.9. The topological polar surface area (TPSA) is 97.4 Å². The summed E-state index contributed by atoms with van der Waals surface area (Å²) in [4.78, 5) is 38.4. The second-order valence-electron chi connectivity index (χ2n) is 7.40. The number of hydrogen-bond acceptors (Lipinski definition) is 5. The molecule has 1 fully saturated rings. The van der Waals surface area contributed by atoms with Crippen molar-refractivity contribution in [1.82, 2.24) is 19.9 Å². The molecule has 0 spiro atoms. The molecule has 1 saturated heterocycles. The minimum absolute atomic E-state index is 0.264. The van der Waals surface area contributed by atoms with Gasteiger partial charge >= 0.3 is 6.03 Å². The van der Waals surface area contributed by atoms with Crippen LogP contribution in [0.3, 0.4) is 0 Å². The summed E-state index contributed by atoms with van der Waals surface area (Å²) in [6.45, 7) is 9.14. The van der Waals surface area contributed by atoms with Gasteiger partial charge < -0.3 is 9.84 Å². The SMILES string of the molecule is Cc1cc(-n2c(C)cc(C(=O)CN3C(=O)NC(CC(C)C)C3=O)c2C)no1. The van der Waals surface area contributed by atoms with E-state index >= 15 is 0 Å². The Morgan fingerprint density at radius 2 is 1.96 bits per heavy atom. The molecule has 1 atom stereocenters. The molecule has 1 aliphatic rings. The number of carbonyl (C=O) groups is 3. The molecule has 0 saturated carbocycles. The van der Waals surface area contributed by atoms with Crippen LogP contribution in [0.15, 0.2) is 16.7 Å². The van der Waals surface area contributed by atoms with Crippen molar-refractivity contribution in [3.05, 3.63) is 34.8 Å². The highest BCUT2D eigenvalue weighted by Crippen LogP contribution is 2.22. The maximum Gasteiger partial charge on any atom is 0.325 e. The van der Waals surface area contributed by atoms with Gasteiger partial charge in [-0.2, -0.15) is 0 Å². The van der Waals surface area contributed by atoms with Gasteiger partial charge in [0.25, 0.3) is 5.91 Å². The smallest absolute Gasteiger partial charge is 0.325 e. The van der Waals surface area contributed by atoms with Gasteiger partial charge in [0.15, 0.2) is 11.6 Å². The lowest BCUT2D eigenvalue weighted by Gasteiger charge is -2.13. The Bertz CT molecular complexity index is 909. The average Bonchev–Trinajstić information content (AvgIpc) is 3.20. The van der Waals surface area contributed by atoms with Crippen molar-refractivity contribution in [3.63, 3.8) is 0 Å². The zero-order valence-corrected chi connectivity index (χ0v) is 16.2. The number of hydrogen-bond donors (Lipinski definition) is 1. The first-order chi connectivity index (χ1) is 12.7. The summed E-state index contributed by atoms with van der Waals surface area (Å²) < 4.78 is 6.93. The van der Waals surface area contributed by atoms with Crippen LogP contribution in [-0.4, -0.2) is 44.9 Å². The molecule has 0 bridgehead atoms. The van der Waals surface area contributed by atoms with Gasteiger partial charge in [0.1, 0.15) is 11.8 Å². The molecule has 0 aromatic carbocycles. The van der Waals surface area contributed by atoms with Crippen molar-refractivity contribution in [3.8, 4) is 5.82 Å². The first kappa shape index (κ1) is 18.9. The van der Waals surface area contributed by atoms with Crippen molar-refractivity contribution in [1.29, 1.82) is 0 Å². The number of carbonyl (C=O) groups excluding carboxylic acids is 3. The monoisotopic (exact) mass is 372 g/mol. The number of nitrogens with zero attached hydrogens (tertiary/aromatic N) is 3. The van der Waals surface area contributed by atoms with Crippen molar-refractivity contribution >= 4 is 17.7 Å². The third-order valence-corrected chi connectivity index (χ3v) is 4.69. The number of aryl methyl sites for hydroxylation is 2. The lowest BCUT2D eigenvalue weighted by Crippen LogP contribution is -2.36. The molecule has 3 amide bonds. The molecule has 2 aromatic heterocycles. The van der Waals surface area contributed by atoms with Gasteiger partial charge in [-0.1, -0.05) is 19.0 Å².